The van der Waals surface area contributed by atoms with Crippen LogP contribution in [0.5, 0.6) is 17.2 Å². The molecular formula is C17H19NO4. The minimum absolute atomic E-state index is 0.228. The number of aromatic hydroxyl groups is 1. The first-order valence-corrected chi connectivity index (χ1v) is 6.93. The van der Waals surface area contributed by atoms with Gasteiger partial charge in [-0.3, -0.25) is 4.79 Å². The van der Waals surface area contributed by atoms with Crippen molar-refractivity contribution >= 4 is 5.91 Å². The highest BCUT2D eigenvalue weighted by atomic mass is 16.5. The quantitative estimate of drug-likeness (QED) is 0.859. The second kappa shape index (κ2) is 7.36. The molecule has 0 atom stereocenters. The average molecular weight is 301 g/mol. The summed E-state index contributed by atoms with van der Waals surface area (Å²) in [6.07, 6.45) is 0.538. The summed E-state index contributed by atoms with van der Waals surface area (Å²) in [4.78, 5) is 12.3. The Morgan fingerprint density at radius 3 is 2.27 bits per heavy atom. The molecular weight excluding hydrogens is 282 g/mol. The molecule has 0 heterocycles. The SMILES string of the molecule is COc1cccc(OC)c1C(=O)NCCc1ccccc1O. The van der Waals surface area contributed by atoms with Gasteiger partial charge in [-0.2, -0.15) is 0 Å². The zero-order valence-electron chi connectivity index (χ0n) is 12.6. The molecule has 0 radical (unpaired) electrons. The van der Waals surface area contributed by atoms with Gasteiger partial charge in [0.15, 0.2) is 0 Å². The number of rotatable bonds is 6. The van der Waals surface area contributed by atoms with E-state index in [4.69, 9.17) is 9.47 Å². The summed E-state index contributed by atoms with van der Waals surface area (Å²) in [5.41, 5.74) is 1.15. The fourth-order valence-corrected chi connectivity index (χ4v) is 2.20. The third-order valence-corrected chi connectivity index (χ3v) is 3.33. The second-order valence-corrected chi connectivity index (χ2v) is 4.67. The zero-order valence-corrected chi connectivity index (χ0v) is 12.6. The molecule has 1 amide bonds. The van der Waals surface area contributed by atoms with E-state index >= 15 is 0 Å². The lowest BCUT2D eigenvalue weighted by Crippen LogP contribution is -2.26. The number of carbonyl (C=O) groups is 1. The van der Waals surface area contributed by atoms with Crippen LogP contribution >= 0.6 is 0 Å². The van der Waals surface area contributed by atoms with E-state index in [1.807, 2.05) is 12.1 Å². The molecule has 0 bridgehead atoms. The highest BCUT2D eigenvalue weighted by Crippen LogP contribution is 2.27. The van der Waals surface area contributed by atoms with Crippen LogP contribution in [0.1, 0.15) is 15.9 Å². The van der Waals surface area contributed by atoms with Crippen LogP contribution in [-0.4, -0.2) is 31.8 Å². The van der Waals surface area contributed by atoms with E-state index in [2.05, 4.69) is 5.32 Å². The van der Waals surface area contributed by atoms with Crippen molar-refractivity contribution < 1.29 is 19.4 Å². The second-order valence-electron chi connectivity index (χ2n) is 4.67. The Morgan fingerprint density at radius 1 is 1.05 bits per heavy atom. The number of methoxy groups -OCH3 is 2. The van der Waals surface area contributed by atoms with Crippen LogP contribution in [0.2, 0.25) is 0 Å². The normalized spacial score (nSPS) is 10.1. The summed E-state index contributed by atoms with van der Waals surface area (Å²) in [5, 5.41) is 12.5. The van der Waals surface area contributed by atoms with Gasteiger partial charge in [0.2, 0.25) is 0 Å². The molecule has 116 valence electrons. The number of ether oxygens (including phenoxy) is 2. The summed E-state index contributed by atoms with van der Waals surface area (Å²) in [6.45, 7) is 0.400. The number of phenolic OH excluding ortho intramolecular Hbond substituents is 1. The molecule has 0 aromatic heterocycles. The molecule has 2 aromatic rings. The smallest absolute Gasteiger partial charge is 0.258 e. The van der Waals surface area contributed by atoms with Crippen LogP contribution in [0.3, 0.4) is 0 Å². The van der Waals surface area contributed by atoms with Gasteiger partial charge in [-0.25, -0.2) is 0 Å². The number of para-hydroxylation sites is 1. The van der Waals surface area contributed by atoms with Gasteiger partial charge in [-0.1, -0.05) is 24.3 Å². The van der Waals surface area contributed by atoms with Crippen LogP contribution in [0.15, 0.2) is 42.5 Å². The van der Waals surface area contributed by atoms with Gasteiger partial charge >= 0.3 is 0 Å². The van der Waals surface area contributed by atoms with Gasteiger partial charge in [0.25, 0.3) is 5.91 Å². The van der Waals surface area contributed by atoms with Crippen LogP contribution < -0.4 is 14.8 Å². The Kier molecular flexibility index (Phi) is 5.25. The van der Waals surface area contributed by atoms with Gasteiger partial charge in [-0.05, 0) is 30.2 Å². The Hall–Kier alpha value is -2.69. The first kappa shape index (κ1) is 15.7. The molecule has 0 spiro atoms. The number of benzene rings is 2. The Labute approximate surface area is 129 Å². The largest absolute Gasteiger partial charge is 0.508 e. The monoisotopic (exact) mass is 301 g/mol. The third-order valence-electron chi connectivity index (χ3n) is 3.33. The van der Waals surface area contributed by atoms with Crippen molar-refractivity contribution in [3.05, 3.63) is 53.6 Å². The van der Waals surface area contributed by atoms with Gasteiger partial charge < -0.3 is 19.9 Å². The molecule has 0 aliphatic rings. The van der Waals surface area contributed by atoms with Gasteiger partial charge in [0.1, 0.15) is 22.8 Å². The van der Waals surface area contributed by atoms with E-state index in [-0.39, 0.29) is 11.7 Å². The molecule has 0 aliphatic carbocycles. The molecule has 0 saturated heterocycles. The van der Waals surface area contributed by atoms with Crippen molar-refractivity contribution in [1.29, 1.82) is 0 Å². The molecule has 0 fully saturated rings. The lowest BCUT2D eigenvalue weighted by molar-refractivity contribution is 0.0947. The molecule has 2 N–H and O–H groups in total. The van der Waals surface area contributed by atoms with Crippen molar-refractivity contribution in [3.63, 3.8) is 0 Å². The Bertz CT molecular complexity index is 633. The maximum absolute atomic E-state index is 12.3. The number of phenols is 1. The zero-order chi connectivity index (χ0) is 15.9. The summed E-state index contributed by atoms with van der Waals surface area (Å²) in [6, 6.07) is 12.2. The van der Waals surface area contributed by atoms with Gasteiger partial charge in [0.05, 0.1) is 14.2 Å². The number of amides is 1. The van der Waals surface area contributed by atoms with Crippen molar-refractivity contribution in [2.45, 2.75) is 6.42 Å². The Balaban J connectivity index is 2.05. The number of hydrogen-bond donors (Lipinski definition) is 2. The highest BCUT2D eigenvalue weighted by molar-refractivity contribution is 5.99. The molecule has 0 aliphatic heterocycles. The topological polar surface area (TPSA) is 67.8 Å². The molecule has 22 heavy (non-hydrogen) atoms. The van der Waals surface area contributed by atoms with E-state index in [1.54, 1.807) is 30.3 Å². The number of carbonyl (C=O) groups excluding carboxylic acids is 1. The Morgan fingerprint density at radius 2 is 1.68 bits per heavy atom. The first-order valence-electron chi connectivity index (χ1n) is 6.93. The van der Waals surface area contributed by atoms with Gasteiger partial charge in [-0.15, -0.1) is 0 Å². The third kappa shape index (κ3) is 3.49. The lowest BCUT2D eigenvalue weighted by Gasteiger charge is -2.13. The molecule has 0 saturated carbocycles. The number of nitrogens with one attached hydrogen (secondary N) is 1. The summed E-state index contributed by atoms with van der Waals surface area (Å²) in [7, 11) is 3.01. The predicted molar refractivity (Wildman–Crippen MR) is 83.7 cm³/mol. The van der Waals surface area contributed by atoms with E-state index in [1.165, 1.54) is 14.2 Å². The minimum atomic E-state index is -0.273. The fourth-order valence-electron chi connectivity index (χ4n) is 2.20. The summed E-state index contributed by atoms with van der Waals surface area (Å²) >= 11 is 0. The molecule has 2 aromatic carbocycles. The fraction of sp³-hybridized carbons (Fsp3) is 0.235. The standard InChI is InChI=1S/C17H19NO4/c1-21-14-8-5-9-15(22-2)16(14)17(20)18-11-10-12-6-3-4-7-13(12)19/h3-9,19H,10-11H2,1-2H3,(H,18,20). The molecule has 2 rings (SSSR count). The summed E-state index contributed by atoms with van der Waals surface area (Å²) < 4.78 is 10.4. The van der Waals surface area contributed by atoms with Gasteiger partial charge in [0, 0.05) is 6.54 Å². The highest BCUT2D eigenvalue weighted by Gasteiger charge is 2.17. The minimum Gasteiger partial charge on any atom is -0.508 e. The summed E-state index contributed by atoms with van der Waals surface area (Å²) in [5.74, 6) is 0.871. The van der Waals surface area contributed by atoms with Crippen molar-refractivity contribution in [2.24, 2.45) is 0 Å². The lowest BCUT2D eigenvalue weighted by atomic mass is 10.1. The van der Waals surface area contributed by atoms with Crippen LogP contribution in [0, 0.1) is 0 Å². The van der Waals surface area contributed by atoms with Crippen molar-refractivity contribution in [3.8, 4) is 17.2 Å². The van der Waals surface area contributed by atoms with E-state index < -0.39 is 0 Å². The molecule has 5 nitrogen and oxygen atoms in total. The van der Waals surface area contributed by atoms with E-state index in [0.717, 1.165) is 5.56 Å². The van der Waals surface area contributed by atoms with Crippen LogP contribution in [0.25, 0.3) is 0 Å². The molecule has 0 unspecified atom stereocenters. The van der Waals surface area contributed by atoms with E-state index in [9.17, 15) is 9.90 Å². The van der Waals surface area contributed by atoms with Crippen LogP contribution in [-0.2, 0) is 6.42 Å². The average Bonchev–Trinajstić information content (AvgIpc) is 2.55. The first-order chi connectivity index (χ1) is 10.7. The maximum Gasteiger partial charge on any atom is 0.258 e. The van der Waals surface area contributed by atoms with E-state index in [0.29, 0.717) is 30.0 Å². The molecule has 5 heteroatoms. The predicted octanol–water partition coefficient (Wildman–Crippen LogP) is 2.38. The number of hydrogen-bond acceptors (Lipinski definition) is 4. The van der Waals surface area contributed by atoms with Crippen molar-refractivity contribution in [1.82, 2.24) is 5.32 Å². The van der Waals surface area contributed by atoms with Crippen LogP contribution in [0.4, 0.5) is 0 Å². The van der Waals surface area contributed by atoms with Crippen molar-refractivity contribution in [2.75, 3.05) is 20.8 Å². The maximum atomic E-state index is 12.3.